The topological polar surface area (TPSA) is 33.5 Å². The van der Waals surface area contributed by atoms with Crippen molar-refractivity contribution >= 4 is 28.8 Å². The Morgan fingerprint density at radius 3 is 2.13 bits per heavy atom. The molecule has 0 saturated heterocycles. The van der Waals surface area contributed by atoms with Gasteiger partial charge < -0.3 is 9.32 Å². The molecule has 0 saturated carbocycles. The molecule has 0 N–H and O–H groups in total. The molecule has 0 aliphatic rings. The number of nitrogens with zero attached hydrogens (tertiary/aromatic N) is 1. The number of fused-ring (bicyclic) bond motifs is 1. The highest BCUT2D eigenvalue weighted by Gasteiger charge is 2.10. The van der Waals surface area contributed by atoms with Crippen molar-refractivity contribution in [3.8, 4) is 11.1 Å². The van der Waals surface area contributed by atoms with Crippen molar-refractivity contribution in [2.24, 2.45) is 0 Å². The summed E-state index contributed by atoms with van der Waals surface area (Å²) >= 11 is 0. The fraction of sp³-hybridized carbons (Fsp3) is 0.148. The molecule has 0 bridgehead atoms. The van der Waals surface area contributed by atoms with Crippen molar-refractivity contribution < 1.29 is 4.42 Å². The van der Waals surface area contributed by atoms with Gasteiger partial charge >= 0.3 is 5.63 Å². The van der Waals surface area contributed by atoms with E-state index < -0.39 is 0 Å². The van der Waals surface area contributed by atoms with Crippen LogP contribution in [0.5, 0.6) is 0 Å². The Labute approximate surface area is 176 Å². The largest absolute Gasteiger partial charge is 0.422 e. The molecule has 4 rings (SSSR count). The van der Waals surface area contributed by atoms with E-state index in [1.165, 1.54) is 0 Å². The summed E-state index contributed by atoms with van der Waals surface area (Å²) in [4.78, 5) is 14.9. The first-order chi connectivity index (χ1) is 14.7. The zero-order chi connectivity index (χ0) is 20.9. The molecule has 1 heterocycles. The fourth-order valence-corrected chi connectivity index (χ4v) is 3.62. The molecule has 0 amide bonds. The Balaban J connectivity index is 1.62. The minimum Gasteiger partial charge on any atom is -0.422 e. The molecule has 0 fully saturated rings. The summed E-state index contributed by atoms with van der Waals surface area (Å²) < 4.78 is 5.67. The highest BCUT2D eigenvalue weighted by Crippen LogP contribution is 2.25. The number of anilines is 1. The zero-order valence-corrected chi connectivity index (χ0v) is 17.3. The minimum absolute atomic E-state index is 0.313. The average molecular weight is 396 g/mol. The van der Waals surface area contributed by atoms with E-state index in [1.54, 1.807) is 0 Å². The van der Waals surface area contributed by atoms with Crippen LogP contribution in [0.15, 0.2) is 88.1 Å². The van der Waals surface area contributed by atoms with Gasteiger partial charge in [0.2, 0.25) is 0 Å². The van der Waals surface area contributed by atoms with Crippen LogP contribution in [0.4, 0.5) is 5.69 Å². The van der Waals surface area contributed by atoms with Gasteiger partial charge in [-0.2, -0.15) is 0 Å². The molecule has 0 aliphatic heterocycles. The second kappa shape index (κ2) is 8.83. The van der Waals surface area contributed by atoms with Crippen LogP contribution in [-0.4, -0.2) is 13.1 Å². The predicted molar refractivity (Wildman–Crippen MR) is 127 cm³/mol. The normalized spacial score (nSPS) is 11.3. The van der Waals surface area contributed by atoms with Crippen molar-refractivity contribution in [3.63, 3.8) is 0 Å². The molecule has 0 radical (unpaired) electrons. The van der Waals surface area contributed by atoms with Crippen LogP contribution in [0, 0.1) is 0 Å². The van der Waals surface area contributed by atoms with E-state index >= 15 is 0 Å². The van der Waals surface area contributed by atoms with Crippen molar-refractivity contribution in [3.05, 3.63) is 100 Å². The molecular weight excluding hydrogens is 370 g/mol. The molecule has 0 atom stereocenters. The van der Waals surface area contributed by atoms with Gasteiger partial charge in [-0.1, -0.05) is 66.7 Å². The molecule has 4 aromatic rings. The SMILES string of the molecule is CCN(CC)c1ccc2cc(-c3ccc(/C=C/c4ccccc4)cc3)c(=O)oc2c1. The van der Waals surface area contributed by atoms with Crippen LogP contribution < -0.4 is 10.5 Å². The number of rotatable bonds is 6. The Morgan fingerprint density at radius 1 is 0.800 bits per heavy atom. The van der Waals surface area contributed by atoms with Gasteiger partial charge in [0.25, 0.3) is 0 Å². The maximum Gasteiger partial charge on any atom is 0.344 e. The van der Waals surface area contributed by atoms with E-state index in [0.29, 0.717) is 11.1 Å². The highest BCUT2D eigenvalue weighted by molar-refractivity contribution is 5.84. The third kappa shape index (κ3) is 4.20. The smallest absolute Gasteiger partial charge is 0.344 e. The standard InChI is InChI=1S/C27H25NO2/c1-3-28(4-2)24-17-16-23-18-25(27(29)30-26(23)19-24)22-14-12-21(13-15-22)11-10-20-8-6-5-7-9-20/h5-19H,3-4H2,1-2H3/b11-10+. The van der Waals surface area contributed by atoms with Gasteiger partial charge in [-0.05, 0) is 48.7 Å². The van der Waals surface area contributed by atoms with E-state index in [9.17, 15) is 4.79 Å². The zero-order valence-electron chi connectivity index (χ0n) is 17.3. The van der Waals surface area contributed by atoms with Crippen LogP contribution in [0.3, 0.4) is 0 Å². The van der Waals surface area contributed by atoms with Gasteiger partial charge in [0.1, 0.15) is 5.58 Å². The van der Waals surface area contributed by atoms with Gasteiger partial charge in [-0.3, -0.25) is 0 Å². The lowest BCUT2D eigenvalue weighted by Crippen LogP contribution is -2.21. The van der Waals surface area contributed by atoms with E-state index in [4.69, 9.17) is 4.42 Å². The van der Waals surface area contributed by atoms with Crippen molar-refractivity contribution in [1.29, 1.82) is 0 Å². The molecule has 1 aromatic heterocycles. The second-order valence-electron chi connectivity index (χ2n) is 7.21. The van der Waals surface area contributed by atoms with Gasteiger partial charge in [0.15, 0.2) is 0 Å². The number of hydrogen-bond acceptors (Lipinski definition) is 3. The molecule has 30 heavy (non-hydrogen) atoms. The third-order valence-electron chi connectivity index (χ3n) is 5.34. The Hall–Kier alpha value is -3.59. The summed E-state index contributed by atoms with van der Waals surface area (Å²) in [5.41, 5.74) is 5.05. The van der Waals surface area contributed by atoms with Crippen LogP contribution in [-0.2, 0) is 0 Å². The summed E-state index contributed by atoms with van der Waals surface area (Å²) in [6.45, 7) is 6.06. The first kappa shape index (κ1) is 19.7. The summed E-state index contributed by atoms with van der Waals surface area (Å²) in [5, 5.41) is 0.925. The monoisotopic (exact) mass is 395 g/mol. The summed E-state index contributed by atoms with van der Waals surface area (Å²) in [7, 11) is 0. The second-order valence-corrected chi connectivity index (χ2v) is 7.21. The highest BCUT2D eigenvalue weighted by atomic mass is 16.4. The fourth-order valence-electron chi connectivity index (χ4n) is 3.62. The van der Waals surface area contributed by atoms with Crippen LogP contribution in [0.2, 0.25) is 0 Å². The van der Waals surface area contributed by atoms with Crippen molar-refractivity contribution in [2.75, 3.05) is 18.0 Å². The lowest BCUT2D eigenvalue weighted by Gasteiger charge is -2.21. The van der Waals surface area contributed by atoms with Crippen molar-refractivity contribution in [2.45, 2.75) is 13.8 Å². The molecule has 3 heteroatoms. The summed E-state index contributed by atoms with van der Waals surface area (Å²) in [5.74, 6) is 0. The molecule has 0 spiro atoms. The summed E-state index contributed by atoms with van der Waals surface area (Å²) in [6.07, 6.45) is 4.14. The summed E-state index contributed by atoms with van der Waals surface area (Å²) in [6, 6.07) is 26.1. The van der Waals surface area contributed by atoms with Gasteiger partial charge in [0.05, 0.1) is 5.56 Å². The molecule has 0 aliphatic carbocycles. The maximum absolute atomic E-state index is 12.7. The molecule has 3 nitrogen and oxygen atoms in total. The van der Waals surface area contributed by atoms with E-state index in [2.05, 4.69) is 49.1 Å². The molecule has 150 valence electrons. The minimum atomic E-state index is -0.313. The van der Waals surface area contributed by atoms with Gasteiger partial charge in [0, 0.05) is 30.2 Å². The number of benzene rings is 3. The lowest BCUT2D eigenvalue weighted by molar-refractivity contribution is 0.563. The Morgan fingerprint density at radius 2 is 1.47 bits per heavy atom. The molecule has 0 unspecified atom stereocenters. The van der Waals surface area contributed by atoms with Gasteiger partial charge in [-0.15, -0.1) is 0 Å². The van der Waals surface area contributed by atoms with Crippen molar-refractivity contribution in [1.82, 2.24) is 0 Å². The van der Waals surface area contributed by atoms with Crippen LogP contribution in [0.25, 0.3) is 34.2 Å². The molecular formula is C27H25NO2. The van der Waals surface area contributed by atoms with E-state index in [1.807, 2.05) is 60.7 Å². The quantitative estimate of drug-likeness (QED) is 0.277. The Bertz CT molecular complexity index is 1220. The maximum atomic E-state index is 12.7. The van der Waals surface area contributed by atoms with Crippen LogP contribution in [0.1, 0.15) is 25.0 Å². The number of hydrogen-bond donors (Lipinski definition) is 0. The van der Waals surface area contributed by atoms with E-state index in [-0.39, 0.29) is 5.63 Å². The average Bonchev–Trinajstić information content (AvgIpc) is 2.79. The molecule has 3 aromatic carbocycles. The van der Waals surface area contributed by atoms with Crippen LogP contribution >= 0.6 is 0 Å². The predicted octanol–water partition coefficient (Wildman–Crippen LogP) is 6.48. The third-order valence-corrected chi connectivity index (χ3v) is 5.34. The van der Waals surface area contributed by atoms with E-state index in [0.717, 1.165) is 40.9 Å². The lowest BCUT2D eigenvalue weighted by atomic mass is 10.0. The first-order valence-corrected chi connectivity index (χ1v) is 10.3. The first-order valence-electron chi connectivity index (χ1n) is 10.3. The Kier molecular flexibility index (Phi) is 5.80. The van der Waals surface area contributed by atoms with Gasteiger partial charge in [-0.25, -0.2) is 4.79 Å².